The second-order valence-corrected chi connectivity index (χ2v) is 7.73. The molecule has 0 radical (unpaired) electrons. The maximum absolute atomic E-state index is 11.7. The molecule has 0 saturated carbocycles. The van der Waals surface area contributed by atoms with Gasteiger partial charge in [0.25, 0.3) is 0 Å². The maximum atomic E-state index is 11.7. The first-order valence-corrected chi connectivity index (χ1v) is 9.21. The van der Waals surface area contributed by atoms with Crippen LogP contribution in [0.4, 0.5) is 11.5 Å². The van der Waals surface area contributed by atoms with Crippen LogP contribution in [0.1, 0.15) is 13.3 Å². The van der Waals surface area contributed by atoms with Crippen LogP contribution in [0.3, 0.4) is 0 Å². The molecule has 21 heavy (non-hydrogen) atoms. The summed E-state index contributed by atoms with van der Waals surface area (Å²) in [5.74, 6) is 1.49. The Morgan fingerprint density at radius 2 is 1.90 bits per heavy atom. The van der Waals surface area contributed by atoms with Gasteiger partial charge in [-0.05, 0) is 18.6 Å². The van der Waals surface area contributed by atoms with E-state index in [1.165, 1.54) is 0 Å². The Labute approximate surface area is 126 Å². The highest BCUT2D eigenvalue weighted by Crippen LogP contribution is 2.14. The third kappa shape index (κ3) is 4.86. The molecule has 2 N–H and O–H groups in total. The molecule has 1 aliphatic heterocycles. The summed E-state index contributed by atoms with van der Waals surface area (Å²) < 4.78 is 23.5. The van der Waals surface area contributed by atoms with Gasteiger partial charge in [0.2, 0.25) is 0 Å². The van der Waals surface area contributed by atoms with Gasteiger partial charge in [-0.3, -0.25) is 4.90 Å². The number of rotatable bonds is 6. The maximum Gasteiger partial charge on any atom is 0.151 e. The SMILES string of the molecule is CCCS(=O)(=O)CCN1CCN(c2ccc(N)cn2)CC1. The van der Waals surface area contributed by atoms with Gasteiger partial charge in [0.1, 0.15) is 5.82 Å². The quantitative estimate of drug-likeness (QED) is 0.829. The molecule has 6 nitrogen and oxygen atoms in total. The molecule has 0 aliphatic carbocycles. The molecule has 1 aromatic heterocycles. The van der Waals surface area contributed by atoms with Crippen molar-refractivity contribution in [2.75, 3.05) is 54.9 Å². The van der Waals surface area contributed by atoms with E-state index in [9.17, 15) is 8.42 Å². The minimum atomic E-state index is -2.88. The number of aromatic nitrogens is 1. The van der Waals surface area contributed by atoms with E-state index >= 15 is 0 Å². The Balaban J connectivity index is 1.79. The summed E-state index contributed by atoms with van der Waals surface area (Å²) in [6, 6.07) is 3.78. The van der Waals surface area contributed by atoms with Crippen LogP contribution in [0.25, 0.3) is 0 Å². The molecule has 118 valence electrons. The number of pyridine rings is 1. The van der Waals surface area contributed by atoms with Crippen LogP contribution in [-0.2, 0) is 9.84 Å². The van der Waals surface area contributed by atoms with Crippen LogP contribution in [0, 0.1) is 0 Å². The highest BCUT2D eigenvalue weighted by molar-refractivity contribution is 7.91. The van der Waals surface area contributed by atoms with E-state index < -0.39 is 9.84 Å². The van der Waals surface area contributed by atoms with Crippen molar-refractivity contribution in [1.82, 2.24) is 9.88 Å². The topological polar surface area (TPSA) is 79.5 Å². The van der Waals surface area contributed by atoms with Gasteiger partial charge in [-0.25, -0.2) is 13.4 Å². The van der Waals surface area contributed by atoms with E-state index in [0.717, 1.165) is 32.0 Å². The van der Waals surface area contributed by atoms with Crippen molar-refractivity contribution in [3.8, 4) is 0 Å². The molecule has 0 aromatic carbocycles. The van der Waals surface area contributed by atoms with Gasteiger partial charge in [-0.2, -0.15) is 0 Å². The van der Waals surface area contributed by atoms with E-state index in [1.54, 1.807) is 6.20 Å². The normalized spacial score (nSPS) is 17.1. The molecule has 7 heteroatoms. The summed E-state index contributed by atoms with van der Waals surface area (Å²) in [5, 5.41) is 0. The number of anilines is 2. The van der Waals surface area contributed by atoms with Crippen LogP contribution in [-0.4, -0.2) is 62.5 Å². The minimum Gasteiger partial charge on any atom is -0.397 e. The number of nitrogens with two attached hydrogens (primary N) is 1. The molecule has 0 unspecified atom stereocenters. The van der Waals surface area contributed by atoms with Gasteiger partial charge in [0.05, 0.1) is 17.6 Å². The number of sulfone groups is 1. The second kappa shape index (κ2) is 7.09. The molecule has 0 atom stereocenters. The predicted octanol–water partition coefficient (Wildman–Crippen LogP) is 0.611. The first kappa shape index (κ1) is 16.0. The van der Waals surface area contributed by atoms with E-state index in [2.05, 4.69) is 14.8 Å². The third-order valence-electron chi connectivity index (χ3n) is 3.70. The zero-order chi connectivity index (χ0) is 15.3. The first-order chi connectivity index (χ1) is 10.00. The number of piperazine rings is 1. The molecule has 1 saturated heterocycles. The molecule has 1 aliphatic rings. The Morgan fingerprint density at radius 3 is 2.48 bits per heavy atom. The van der Waals surface area contributed by atoms with Crippen molar-refractivity contribution in [3.63, 3.8) is 0 Å². The Kier molecular flexibility index (Phi) is 5.41. The van der Waals surface area contributed by atoms with Crippen molar-refractivity contribution in [2.24, 2.45) is 0 Å². The monoisotopic (exact) mass is 312 g/mol. The lowest BCUT2D eigenvalue weighted by molar-refractivity contribution is 0.271. The summed E-state index contributed by atoms with van der Waals surface area (Å²) in [7, 11) is -2.88. The molecule has 0 spiro atoms. The molecular weight excluding hydrogens is 288 g/mol. The van der Waals surface area contributed by atoms with Gasteiger partial charge >= 0.3 is 0 Å². The van der Waals surface area contributed by atoms with E-state index in [-0.39, 0.29) is 5.75 Å². The average molecular weight is 312 g/mol. The van der Waals surface area contributed by atoms with E-state index in [1.807, 2.05) is 19.1 Å². The first-order valence-electron chi connectivity index (χ1n) is 7.39. The van der Waals surface area contributed by atoms with Gasteiger partial charge < -0.3 is 10.6 Å². The average Bonchev–Trinajstić information content (AvgIpc) is 2.47. The standard InChI is InChI=1S/C14H24N4O2S/c1-2-10-21(19,20)11-9-17-5-7-18(8-6-17)14-4-3-13(15)12-16-14/h3-4,12H,2,5-11,15H2,1H3. The molecule has 1 aromatic rings. The predicted molar refractivity (Wildman–Crippen MR) is 86.2 cm³/mol. The van der Waals surface area contributed by atoms with Crippen LogP contribution in [0.15, 0.2) is 18.3 Å². The van der Waals surface area contributed by atoms with E-state index in [4.69, 9.17) is 5.73 Å². The highest BCUT2D eigenvalue weighted by atomic mass is 32.2. The summed E-state index contributed by atoms with van der Waals surface area (Å²) in [6.45, 7) is 6.00. The number of hydrogen-bond donors (Lipinski definition) is 1. The molecule has 1 fully saturated rings. The summed E-state index contributed by atoms with van der Waals surface area (Å²) in [6.07, 6.45) is 2.36. The van der Waals surface area contributed by atoms with Gasteiger partial charge in [0, 0.05) is 38.5 Å². The molecule has 0 bridgehead atoms. The van der Waals surface area contributed by atoms with Crippen molar-refractivity contribution < 1.29 is 8.42 Å². The Hall–Kier alpha value is -1.34. The van der Waals surface area contributed by atoms with Crippen LogP contribution in [0.2, 0.25) is 0 Å². The number of nitrogens with zero attached hydrogens (tertiary/aromatic N) is 3. The third-order valence-corrected chi connectivity index (χ3v) is 5.54. The van der Waals surface area contributed by atoms with Crippen molar-refractivity contribution in [1.29, 1.82) is 0 Å². The van der Waals surface area contributed by atoms with Crippen molar-refractivity contribution in [3.05, 3.63) is 18.3 Å². The van der Waals surface area contributed by atoms with E-state index in [0.29, 0.717) is 24.4 Å². The van der Waals surface area contributed by atoms with Crippen molar-refractivity contribution in [2.45, 2.75) is 13.3 Å². The smallest absolute Gasteiger partial charge is 0.151 e. The van der Waals surface area contributed by atoms with Crippen LogP contribution >= 0.6 is 0 Å². The fourth-order valence-electron chi connectivity index (χ4n) is 2.47. The fourth-order valence-corrected chi connectivity index (χ4v) is 3.83. The lowest BCUT2D eigenvalue weighted by Crippen LogP contribution is -2.48. The highest BCUT2D eigenvalue weighted by Gasteiger charge is 2.19. The van der Waals surface area contributed by atoms with Crippen molar-refractivity contribution >= 4 is 21.3 Å². The summed E-state index contributed by atoms with van der Waals surface area (Å²) in [5.41, 5.74) is 6.30. The Bertz CT molecular complexity index is 537. The zero-order valence-corrected chi connectivity index (χ0v) is 13.3. The zero-order valence-electron chi connectivity index (χ0n) is 12.5. The Morgan fingerprint density at radius 1 is 1.19 bits per heavy atom. The molecule has 2 rings (SSSR count). The second-order valence-electron chi connectivity index (χ2n) is 5.43. The minimum absolute atomic E-state index is 0.265. The molecular formula is C14H24N4O2S. The van der Waals surface area contributed by atoms with Crippen LogP contribution in [0.5, 0.6) is 0 Å². The summed E-state index contributed by atoms with van der Waals surface area (Å²) in [4.78, 5) is 8.74. The number of nitrogen functional groups attached to an aromatic ring is 1. The van der Waals surface area contributed by atoms with Crippen LogP contribution < -0.4 is 10.6 Å². The number of hydrogen-bond acceptors (Lipinski definition) is 6. The molecule has 0 amide bonds. The summed E-state index contributed by atoms with van der Waals surface area (Å²) >= 11 is 0. The lowest BCUT2D eigenvalue weighted by Gasteiger charge is -2.35. The lowest BCUT2D eigenvalue weighted by atomic mass is 10.3. The fraction of sp³-hybridized carbons (Fsp3) is 0.643. The van der Waals surface area contributed by atoms with Gasteiger partial charge in [0.15, 0.2) is 9.84 Å². The largest absolute Gasteiger partial charge is 0.397 e. The van der Waals surface area contributed by atoms with Gasteiger partial charge in [-0.15, -0.1) is 0 Å². The molecule has 2 heterocycles. The van der Waals surface area contributed by atoms with Gasteiger partial charge in [-0.1, -0.05) is 6.92 Å².